The Balaban J connectivity index is 2.39. The number of aryl methyl sites for hydroxylation is 1. The monoisotopic (exact) mass is 432 g/mol. The van der Waals surface area contributed by atoms with Gasteiger partial charge in [0.25, 0.3) is 10.0 Å². The summed E-state index contributed by atoms with van der Waals surface area (Å²) in [5.41, 5.74) is 1.37. The van der Waals surface area contributed by atoms with E-state index >= 15 is 0 Å². The zero-order valence-electron chi connectivity index (χ0n) is 10.9. The number of sulfonamides is 1. The second-order valence-corrected chi connectivity index (χ2v) is 7.65. The van der Waals surface area contributed by atoms with Crippen molar-refractivity contribution < 1.29 is 8.42 Å². The molecule has 0 bridgehead atoms. The Kier molecular flexibility index (Phi) is 4.76. The summed E-state index contributed by atoms with van der Waals surface area (Å²) in [5, 5.41) is 9.21. The number of benzene rings is 2. The molecule has 0 amide bonds. The molecule has 0 saturated carbocycles. The topological polar surface area (TPSA) is 70.0 Å². The first kappa shape index (κ1) is 16.1. The maximum atomic E-state index is 12.3. The minimum atomic E-state index is -3.74. The number of anilines is 1. The Morgan fingerprint density at radius 2 is 1.95 bits per heavy atom. The van der Waals surface area contributed by atoms with Gasteiger partial charge in [-0.15, -0.1) is 0 Å². The van der Waals surface area contributed by atoms with Gasteiger partial charge in [0.1, 0.15) is 0 Å². The van der Waals surface area contributed by atoms with Crippen LogP contribution in [0.5, 0.6) is 0 Å². The molecule has 21 heavy (non-hydrogen) atoms. The first-order valence-corrected chi connectivity index (χ1v) is 8.76. The van der Waals surface area contributed by atoms with Crippen molar-refractivity contribution in [1.29, 1.82) is 5.26 Å². The first-order chi connectivity index (χ1) is 9.83. The van der Waals surface area contributed by atoms with Gasteiger partial charge >= 0.3 is 0 Å². The predicted molar refractivity (Wildman–Crippen MR) is 90.9 cm³/mol. The molecule has 0 unspecified atom stereocenters. The molecule has 2 aromatic rings. The number of hydrogen-bond acceptors (Lipinski definition) is 3. The highest BCUT2D eigenvalue weighted by Gasteiger charge is 2.16. The normalized spacial score (nSPS) is 11.0. The molecule has 0 fully saturated rings. The van der Waals surface area contributed by atoms with Crippen LogP contribution in [0.1, 0.15) is 11.1 Å². The quantitative estimate of drug-likeness (QED) is 0.747. The second kappa shape index (κ2) is 6.22. The SMILES string of the molecule is Cc1cc(S(=O)(=O)Nc2ccc(I)cc2Cl)ccc1C#N. The van der Waals surface area contributed by atoms with E-state index < -0.39 is 10.0 Å². The highest BCUT2D eigenvalue weighted by Crippen LogP contribution is 2.26. The smallest absolute Gasteiger partial charge is 0.261 e. The van der Waals surface area contributed by atoms with Gasteiger partial charge in [0.05, 0.1) is 27.2 Å². The summed E-state index contributed by atoms with van der Waals surface area (Å²) in [7, 11) is -3.74. The van der Waals surface area contributed by atoms with Gasteiger partial charge < -0.3 is 0 Å². The van der Waals surface area contributed by atoms with Crippen molar-refractivity contribution in [3.05, 3.63) is 56.1 Å². The van der Waals surface area contributed by atoms with E-state index in [-0.39, 0.29) is 4.90 Å². The Hall–Kier alpha value is -1.30. The second-order valence-electron chi connectivity index (χ2n) is 4.32. The summed E-state index contributed by atoms with van der Waals surface area (Å²) < 4.78 is 28.0. The molecule has 0 radical (unpaired) electrons. The summed E-state index contributed by atoms with van der Waals surface area (Å²) in [5.74, 6) is 0. The Morgan fingerprint density at radius 1 is 1.24 bits per heavy atom. The van der Waals surface area contributed by atoms with Gasteiger partial charge in [0, 0.05) is 3.57 Å². The summed E-state index contributed by atoms with van der Waals surface area (Å²) in [4.78, 5) is 0.0913. The van der Waals surface area contributed by atoms with Crippen LogP contribution in [0.2, 0.25) is 5.02 Å². The van der Waals surface area contributed by atoms with Crippen LogP contribution in [0.15, 0.2) is 41.3 Å². The van der Waals surface area contributed by atoms with Gasteiger partial charge in [-0.05, 0) is 71.5 Å². The van der Waals surface area contributed by atoms with Crippen LogP contribution in [-0.2, 0) is 10.0 Å². The van der Waals surface area contributed by atoms with Gasteiger partial charge in [-0.1, -0.05) is 11.6 Å². The van der Waals surface area contributed by atoms with Gasteiger partial charge in [-0.25, -0.2) is 8.42 Å². The van der Waals surface area contributed by atoms with Crippen molar-refractivity contribution in [2.75, 3.05) is 4.72 Å². The summed E-state index contributed by atoms with van der Waals surface area (Å²) in [6.07, 6.45) is 0. The third-order valence-corrected chi connectivity index (χ3v) is 5.15. The molecule has 4 nitrogen and oxygen atoms in total. The van der Waals surface area contributed by atoms with Crippen molar-refractivity contribution in [1.82, 2.24) is 0 Å². The van der Waals surface area contributed by atoms with Crippen molar-refractivity contribution >= 4 is 49.9 Å². The van der Waals surface area contributed by atoms with Gasteiger partial charge in [0.2, 0.25) is 0 Å². The molecule has 108 valence electrons. The van der Waals surface area contributed by atoms with E-state index in [1.54, 1.807) is 25.1 Å². The van der Waals surface area contributed by atoms with Crippen molar-refractivity contribution in [2.24, 2.45) is 0 Å². The van der Waals surface area contributed by atoms with E-state index in [4.69, 9.17) is 16.9 Å². The van der Waals surface area contributed by atoms with Crippen LogP contribution in [0.4, 0.5) is 5.69 Å². The molecule has 0 aromatic heterocycles. The molecule has 0 atom stereocenters. The van der Waals surface area contributed by atoms with Crippen LogP contribution >= 0.6 is 34.2 Å². The average Bonchev–Trinajstić information content (AvgIpc) is 2.42. The average molecular weight is 433 g/mol. The van der Waals surface area contributed by atoms with Gasteiger partial charge in [0.15, 0.2) is 0 Å². The molecule has 0 spiro atoms. The first-order valence-electron chi connectivity index (χ1n) is 5.82. The molecule has 1 N–H and O–H groups in total. The highest BCUT2D eigenvalue weighted by atomic mass is 127. The van der Waals surface area contributed by atoms with Gasteiger partial charge in [-0.2, -0.15) is 5.26 Å². The number of halogens is 2. The molecule has 2 rings (SSSR count). The fourth-order valence-electron chi connectivity index (χ4n) is 1.70. The maximum absolute atomic E-state index is 12.3. The van der Waals surface area contributed by atoms with E-state index in [2.05, 4.69) is 27.3 Å². The molecule has 0 aliphatic carbocycles. The Bertz CT molecular complexity index is 845. The minimum Gasteiger partial charge on any atom is -0.278 e. The summed E-state index contributed by atoms with van der Waals surface area (Å²) in [6.45, 7) is 1.69. The third-order valence-electron chi connectivity index (χ3n) is 2.80. The van der Waals surface area contributed by atoms with Crippen molar-refractivity contribution in [2.45, 2.75) is 11.8 Å². The van der Waals surface area contributed by atoms with Crippen molar-refractivity contribution in [3.63, 3.8) is 0 Å². The van der Waals surface area contributed by atoms with E-state index in [0.29, 0.717) is 21.8 Å². The molecule has 0 aliphatic heterocycles. The minimum absolute atomic E-state index is 0.0913. The van der Waals surface area contributed by atoms with Crippen LogP contribution in [0.25, 0.3) is 0 Å². The molecule has 0 heterocycles. The number of nitrogens with one attached hydrogen (secondary N) is 1. The Labute approximate surface area is 141 Å². The fraction of sp³-hybridized carbons (Fsp3) is 0.0714. The molecule has 0 aliphatic rings. The molecular formula is C14H10ClIN2O2S. The fourth-order valence-corrected chi connectivity index (χ4v) is 3.83. The van der Waals surface area contributed by atoms with Crippen LogP contribution in [0, 0.1) is 21.8 Å². The largest absolute Gasteiger partial charge is 0.278 e. The van der Waals surface area contributed by atoms with Crippen LogP contribution in [-0.4, -0.2) is 8.42 Å². The summed E-state index contributed by atoms with van der Waals surface area (Å²) in [6, 6.07) is 11.4. The van der Waals surface area contributed by atoms with E-state index in [0.717, 1.165) is 3.57 Å². The van der Waals surface area contributed by atoms with E-state index in [9.17, 15) is 8.42 Å². The maximum Gasteiger partial charge on any atom is 0.261 e. The predicted octanol–water partition coefficient (Wildman–Crippen LogP) is 3.93. The summed E-state index contributed by atoms with van der Waals surface area (Å²) >= 11 is 8.12. The molecule has 7 heteroatoms. The zero-order valence-corrected chi connectivity index (χ0v) is 14.6. The molecule has 2 aromatic carbocycles. The lowest BCUT2D eigenvalue weighted by atomic mass is 10.1. The zero-order chi connectivity index (χ0) is 15.6. The lowest BCUT2D eigenvalue weighted by Crippen LogP contribution is -2.13. The van der Waals surface area contributed by atoms with Crippen LogP contribution < -0.4 is 4.72 Å². The number of nitrogens with zero attached hydrogens (tertiary/aromatic N) is 1. The number of hydrogen-bond donors (Lipinski definition) is 1. The lowest BCUT2D eigenvalue weighted by molar-refractivity contribution is 0.601. The Morgan fingerprint density at radius 3 is 2.52 bits per heavy atom. The van der Waals surface area contributed by atoms with E-state index in [1.807, 2.05) is 6.07 Å². The highest BCUT2D eigenvalue weighted by molar-refractivity contribution is 14.1. The van der Waals surface area contributed by atoms with Gasteiger partial charge in [-0.3, -0.25) is 4.72 Å². The van der Waals surface area contributed by atoms with E-state index in [1.165, 1.54) is 18.2 Å². The molecular weight excluding hydrogens is 423 g/mol. The lowest BCUT2D eigenvalue weighted by Gasteiger charge is -2.10. The third kappa shape index (κ3) is 3.67. The molecule has 0 saturated heterocycles. The number of rotatable bonds is 3. The number of nitriles is 1. The standard InChI is InChI=1S/C14H10ClIN2O2S/c1-9-6-12(4-2-10(9)8-17)21(19,20)18-14-5-3-11(16)7-13(14)15/h2-7,18H,1H3. The van der Waals surface area contributed by atoms with Crippen LogP contribution in [0.3, 0.4) is 0 Å². The van der Waals surface area contributed by atoms with Crippen molar-refractivity contribution in [3.8, 4) is 6.07 Å².